The Bertz CT molecular complexity index is 291. The molecular weight excluding hydrogens is 252 g/mol. The topological polar surface area (TPSA) is 58.6 Å². The third kappa shape index (κ3) is 4.49. The number of methoxy groups -OCH3 is 1. The molecule has 18 heavy (non-hydrogen) atoms. The van der Waals surface area contributed by atoms with Crippen LogP contribution in [0.2, 0.25) is 0 Å². The average Bonchev–Trinajstić information content (AvgIpc) is 2.36. The van der Waals surface area contributed by atoms with Crippen LogP contribution in [0.4, 0.5) is 0 Å². The molecular formula is C12H22N2O3S. The summed E-state index contributed by atoms with van der Waals surface area (Å²) < 4.78 is 5.13. The van der Waals surface area contributed by atoms with Gasteiger partial charge in [0, 0.05) is 39.5 Å². The summed E-state index contributed by atoms with van der Waals surface area (Å²) in [6.07, 6.45) is 1.91. The van der Waals surface area contributed by atoms with E-state index in [-0.39, 0.29) is 11.8 Å². The van der Waals surface area contributed by atoms with E-state index in [0.717, 1.165) is 32.5 Å². The quantitative estimate of drug-likeness (QED) is 0.709. The van der Waals surface area contributed by atoms with E-state index in [1.54, 1.807) is 7.11 Å². The van der Waals surface area contributed by atoms with E-state index < -0.39 is 6.04 Å². The van der Waals surface area contributed by atoms with E-state index >= 15 is 0 Å². The highest BCUT2D eigenvalue weighted by Crippen LogP contribution is 2.18. The van der Waals surface area contributed by atoms with Crippen LogP contribution in [0.25, 0.3) is 0 Å². The zero-order valence-electron chi connectivity index (χ0n) is 11.0. The Hall–Kier alpha value is -0.750. The van der Waals surface area contributed by atoms with Gasteiger partial charge in [-0.1, -0.05) is 0 Å². The lowest BCUT2D eigenvalue weighted by atomic mass is 9.97. The van der Waals surface area contributed by atoms with Gasteiger partial charge in [0.05, 0.1) is 0 Å². The molecule has 0 aliphatic carbocycles. The van der Waals surface area contributed by atoms with Gasteiger partial charge in [-0.25, -0.2) is 0 Å². The number of piperidine rings is 1. The molecule has 0 spiro atoms. The van der Waals surface area contributed by atoms with Gasteiger partial charge in [-0.2, -0.15) is 12.6 Å². The van der Waals surface area contributed by atoms with E-state index in [1.807, 2.05) is 4.90 Å². The molecule has 2 amide bonds. The molecule has 0 saturated carbocycles. The second-order valence-electron chi connectivity index (χ2n) is 4.66. The van der Waals surface area contributed by atoms with Gasteiger partial charge < -0.3 is 15.0 Å². The third-order valence-electron chi connectivity index (χ3n) is 3.19. The second kappa shape index (κ2) is 7.63. The van der Waals surface area contributed by atoms with Crippen LogP contribution in [0.1, 0.15) is 19.8 Å². The number of carbonyl (C=O) groups excluding carboxylic acids is 2. The average molecular weight is 274 g/mol. The van der Waals surface area contributed by atoms with Gasteiger partial charge in [0.15, 0.2) is 0 Å². The van der Waals surface area contributed by atoms with Crippen molar-refractivity contribution in [3.05, 3.63) is 0 Å². The molecule has 5 nitrogen and oxygen atoms in total. The molecule has 1 unspecified atom stereocenters. The van der Waals surface area contributed by atoms with Crippen LogP contribution < -0.4 is 5.32 Å². The monoisotopic (exact) mass is 274 g/mol. The zero-order valence-corrected chi connectivity index (χ0v) is 11.9. The van der Waals surface area contributed by atoms with Crippen molar-refractivity contribution in [3.8, 4) is 0 Å². The molecule has 0 aromatic heterocycles. The van der Waals surface area contributed by atoms with Crippen molar-refractivity contribution < 1.29 is 14.3 Å². The van der Waals surface area contributed by atoms with Crippen LogP contribution >= 0.6 is 12.6 Å². The van der Waals surface area contributed by atoms with Gasteiger partial charge >= 0.3 is 0 Å². The van der Waals surface area contributed by atoms with Crippen molar-refractivity contribution in [2.75, 3.05) is 32.6 Å². The van der Waals surface area contributed by atoms with Crippen molar-refractivity contribution in [2.45, 2.75) is 25.8 Å². The maximum atomic E-state index is 12.2. The Kier molecular flexibility index (Phi) is 6.49. The number of ether oxygens (including phenoxy) is 1. The summed E-state index contributed by atoms with van der Waals surface area (Å²) in [7, 11) is 1.70. The van der Waals surface area contributed by atoms with Crippen molar-refractivity contribution in [2.24, 2.45) is 5.92 Å². The first kappa shape index (κ1) is 15.3. The van der Waals surface area contributed by atoms with E-state index in [0.29, 0.717) is 11.7 Å². The van der Waals surface area contributed by atoms with Crippen molar-refractivity contribution in [1.29, 1.82) is 0 Å². The number of nitrogens with one attached hydrogen (secondary N) is 1. The molecule has 1 rings (SSSR count). The summed E-state index contributed by atoms with van der Waals surface area (Å²) in [6.45, 7) is 3.63. The summed E-state index contributed by atoms with van der Waals surface area (Å²) >= 11 is 4.12. The van der Waals surface area contributed by atoms with Crippen LogP contribution in [0.5, 0.6) is 0 Å². The first-order valence-corrected chi connectivity index (χ1v) is 6.87. The molecule has 0 aromatic rings. The molecule has 6 heteroatoms. The highest BCUT2D eigenvalue weighted by Gasteiger charge is 2.27. The lowest BCUT2D eigenvalue weighted by Gasteiger charge is -2.33. The first-order chi connectivity index (χ1) is 8.58. The third-order valence-corrected chi connectivity index (χ3v) is 3.55. The van der Waals surface area contributed by atoms with Crippen LogP contribution in [0.15, 0.2) is 0 Å². The maximum Gasteiger partial charge on any atom is 0.245 e. The van der Waals surface area contributed by atoms with Gasteiger partial charge in [0.25, 0.3) is 0 Å². The Balaban J connectivity index is 2.45. The molecule has 1 atom stereocenters. The highest BCUT2D eigenvalue weighted by molar-refractivity contribution is 7.80. The minimum atomic E-state index is -0.509. The molecule has 1 saturated heterocycles. The minimum Gasteiger partial charge on any atom is -0.384 e. The Morgan fingerprint density at radius 1 is 1.44 bits per heavy atom. The molecule has 1 N–H and O–H groups in total. The van der Waals surface area contributed by atoms with Crippen LogP contribution in [0, 0.1) is 5.92 Å². The lowest BCUT2D eigenvalue weighted by molar-refractivity contribution is -0.136. The number of thiol groups is 1. The molecule has 1 aliphatic rings. The van der Waals surface area contributed by atoms with Crippen LogP contribution in [-0.4, -0.2) is 55.3 Å². The summed E-state index contributed by atoms with van der Waals surface area (Å²) in [5.74, 6) is 0.637. The molecule has 0 radical (unpaired) electrons. The van der Waals surface area contributed by atoms with E-state index in [4.69, 9.17) is 4.74 Å². The Labute approximate surface area is 114 Å². The van der Waals surface area contributed by atoms with Gasteiger partial charge in [-0.15, -0.1) is 0 Å². The highest BCUT2D eigenvalue weighted by atomic mass is 32.1. The number of rotatable bonds is 5. The van der Waals surface area contributed by atoms with E-state index in [2.05, 4.69) is 17.9 Å². The van der Waals surface area contributed by atoms with Gasteiger partial charge in [-0.3, -0.25) is 9.59 Å². The molecule has 0 bridgehead atoms. The number of nitrogens with zero attached hydrogens (tertiary/aromatic N) is 1. The first-order valence-electron chi connectivity index (χ1n) is 6.24. The Morgan fingerprint density at radius 3 is 2.50 bits per heavy atom. The molecule has 1 aliphatic heterocycles. The van der Waals surface area contributed by atoms with Gasteiger partial charge in [0.1, 0.15) is 6.04 Å². The van der Waals surface area contributed by atoms with Crippen molar-refractivity contribution in [1.82, 2.24) is 10.2 Å². The van der Waals surface area contributed by atoms with Crippen LogP contribution in [-0.2, 0) is 14.3 Å². The summed E-state index contributed by atoms with van der Waals surface area (Å²) in [6, 6.07) is -0.509. The second-order valence-corrected chi connectivity index (χ2v) is 5.02. The molecule has 1 fully saturated rings. The predicted molar refractivity (Wildman–Crippen MR) is 72.6 cm³/mol. The summed E-state index contributed by atoms with van der Waals surface area (Å²) in [5, 5.41) is 2.63. The zero-order chi connectivity index (χ0) is 13.5. The number of carbonyl (C=O) groups is 2. The normalized spacial score (nSPS) is 18.5. The van der Waals surface area contributed by atoms with E-state index in [9.17, 15) is 9.59 Å². The van der Waals surface area contributed by atoms with Crippen molar-refractivity contribution >= 4 is 24.4 Å². The fourth-order valence-corrected chi connectivity index (χ4v) is 2.45. The number of likely N-dealkylation sites (tertiary alicyclic amines) is 1. The predicted octanol–water partition coefficient (Wildman–Crippen LogP) is 0.306. The summed E-state index contributed by atoms with van der Waals surface area (Å²) in [5.41, 5.74) is 0. The standard InChI is InChI=1S/C12H22N2O3S/c1-9(15)13-11(8-18)12(16)14-5-3-10(4-6-14)7-17-2/h10-11,18H,3-8H2,1-2H3,(H,13,15). The molecule has 1 heterocycles. The van der Waals surface area contributed by atoms with Gasteiger partial charge in [-0.05, 0) is 18.8 Å². The van der Waals surface area contributed by atoms with E-state index in [1.165, 1.54) is 6.92 Å². The fourth-order valence-electron chi connectivity index (χ4n) is 2.21. The molecule has 0 aromatic carbocycles. The molecule has 104 valence electrons. The van der Waals surface area contributed by atoms with Crippen molar-refractivity contribution in [3.63, 3.8) is 0 Å². The van der Waals surface area contributed by atoms with Crippen LogP contribution in [0.3, 0.4) is 0 Å². The Morgan fingerprint density at radius 2 is 2.06 bits per heavy atom. The number of amides is 2. The maximum absolute atomic E-state index is 12.2. The SMILES string of the molecule is COCC1CCN(C(=O)C(CS)NC(C)=O)CC1. The number of hydrogen-bond acceptors (Lipinski definition) is 4. The number of hydrogen-bond donors (Lipinski definition) is 2. The lowest BCUT2D eigenvalue weighted by Crippen LogP contribution is -2.51. The smallest absolute Gasteiger partial charge is 0.245 e. The largest absolute Gasteiger partial charge is 0.384 e. The van der Waals surface area contributed by atoms with Gasteiger partial charge in [0.2, 0.25) is 11.8 Å². The summed E-state index contributed by atoms with van der Waals surface area (Å²) in [4.78, 5) is 25.0. The minimum absolute atomic E-state index is 0.0314. The fraction of sp³-hybridized carbons (Fsp3) is 0.833.